The van der Waals surface area contributed by atoms with Crippen LogP contribution in [0.3, 0.4) is 0 Å². The maximum atomic E-state index is 12.2. The molecule has 0 atom stereocenters. The van der Waals surface area contributed by atoms with Crippen LogP contribution in [0.2, 0.25) is 0 Å². The molecular formula is C16H18N4O6S. The van der Waals surface area contributed by atoms with Crippen LogP contribution in [0.1, 0.15) is 27.1 Å². The summed E-state index contributed by atoms with van der Waals surface area (Å²) in [7, 11) is 2.53. The van der Waals surface area contributed by atoms with Crippen molar-refractivity contribution in [1.82, 2.24) is 14.5 Å². The van der Waals surface area contributed by atoms with Crippen molar-refractivity contribution in [3.05, 3.63) is 48.8 Å². The first-order valence-corrected chi connectivity index (χ1v) is 8.73. The number of carbonyl (C=O) groups excluding carboxylic acids is 3. The van der Waals surface area contributed by atoms with E-state index >= 15 is 0 Å². The van der Waals surface area contributed by atoms with Gasteiger partial charge in [-0.15, -0.1) is 0 Å². The average molecular weight is 394 g/mol. The number of thiophene rings is 1. The number of carbonyl (C=O) groups is 3. The van der Waals surface area contributed by atoms with Gasteiger partial charge in [0.15, 0.2) is 6.61 Å². The van der Waals surface area contributed by atoms with Gasteiger partial charge in [0.1, 0.15) is 11.4 Å². The number of nitrogens with zero attached hydrogens (tertiary/aromatic N) is 2. The Balaban J connectivity index is 1.90. The van der Waals surface area contributed by atoms with E-state index in [0.29, 0.717) is 5.56 Å². The van der Waals surface area contributed by atoms with Crippen LogP contribution >= 0.6 is 11.3 Å². The van der Waals surface area contributed by atoms with E-state index in [1.54, 1.807) is 16.8 Å². The molecule has 2 heterocycles. The van der Waals surface area contributed by atoms with Crippen molar-refractivity contribution >= 4 is 34.8 Å². The van der Waals surface area contributed by atoms with E-state index < -0.39 is 35.2 Å². The number of amides is 1. The molecule has 11 heteroatoms. The molecule has 0 aliphatic heterocycles. The van der Waals surface area contributed by atoms with E-state index in [9.17, 15) is 24.0 Å². The number of hydrogen-bond acceptors (Lipinski definition) is 8. The van der Waals surface area contributed by atoms with Gasteiger partial charge in [0.25, 0.3) is 11.5 Å². The smallest absolute Gasteiger partial charge is 0.332 e. The Morgan fingerprint density at radius 1 is 1.22 bits per heavy atom. The van der Waals surface area contributed by atoms with Gasteiger partial charge in [0.05, 0.1) is 6.42 Å². The number of ketones is 1. The Kier molecular flexibility index (Phi) is 6.29. The van der Waals surface area contributed by atoms with Crippen molar-refractivity contribution in [2.75, 3.05) is 18.9 Å². The molecule has 0 aromatic carbocycles. The maximum Gasteiger partial charge on any atom is 0.332 e. The molecule has 0 unspecified atom stereocenters. The Morgan fingerprint density at radius 3 is 2.56 bits per heavy atom. The second kappa shape index (κ2) is 8.45. The molecule has 0 bridgehead atoms. The van der Waals surface area contributed by atoms with E-state index in [1.807, 2.05) is 0 Å². The van der Waals surface area contributed by atoms with E-state index in [2.05, 4.69) is 5.32 Å². The van der Waals surface area contributed by atoms with Crippen LogP contribution in [0.25, 0.3) is 0 Å². The van der Waals surface area contributed by atoms with Crippen LogP contribution in [-0.4, -0.2) is 39.9 Å². The van der Waals surface area contributed by atoms with E-state index in [1.165, 1.54) is 25.4 Å². The van der Waals surface area contributed by atoms with E-state index in [0.717, 1.165) is 9.13 Å². The summed E-state index contributed by atoms with van der Waals surface area (Å²) >= 11 is 1.37. The zero-order valence-electron chi connectivity index (χ0n) is 14.7. The predicted octanol–water partition coefficient (Wildman–Crippen LogP) is -0.726. The topological polar surface area (TPSA) is 142 Å². The standard InChI is InChI=1S/C16H18N4O6S/c1-19-13(17)12(15(24)20(2)16(19)25)10(21)7-26-11(22)3-5-18-14(23)9-4-6-27-8-9/h4,6,8H,3,5,7,17H2,1-2H3,(H,18,23). The molecule has 0 saturated carbocycles. The first kappa shape index (κ1) is 20.1. The largest absolute Gasteiger partial charge is 0.457 e. The van der Waals surface area contributed by atoms with Gasteiger partial charge in [-0.2, -0.15) is 11.3 Å². The molecule has 0 aliphatic rings. The van der Waals surface area contributed by atoms with Crippen LogP contribution in [0.5, 0.6) is 0 Å². The van der Waals surface area contributed by atoms with Gasteiger partial charge >= 0.3 is 11.7 Å². The lowest BCUT2D eigenvalue weighted by atomic mass is 10.2. The predicted molar refractivity (Wildman–Crippen MR) is 97.9 cm³/mol. The van der Waals surface area contributed by atoms with Gasteiger partial charge in [0.2, 0.25) is 5.78 Å². The summed E-state index contributed by atoms with van der Waals surface area (Å²) in [5.41, 5.74) is 4.20. The highest BCUT2D eigenvalue weighted by Crippen LogP contribution is 2.06. The Bertz CT molecular complexity index is 990. The molecule has 1 amide bonds. The molecule has 2 aromatic rings. The maximum absolute atomic E-state index is 12.2. The van der Waals surface area contributed by atoms with Gasteiger partial charge in [-0.3, -0.25) is 28.3 Å². The number of nitrogens with two attached hydrogens (primary N) is 1. The third-order valence-corrected chi connectivity index (χ3v) is 4.43. The Labute approximate surface area is 157 Å². The number of rotatable bonds is 7. The van der Waals surface area contributed by atoms with Gasteiger partial charge in [-0.25, -0.2) is 4.79 Å². The van der Waals surface area contributed by atoms with E-state index in [-0.39, 0.29) is 24.7 Å². The number of Topliss-reactive ketones (excluding diaryl/α,β-unsaturated/α-hetero) is 1. The molecule has 10 nitrogen and oxygen atoms in total. The number of esters is 1. The first-order chi connectivity index (χ1) is 12.7. The molecule has 0 radical (unpaired) electrons. The average Bonchev–Trinajstić information content (AvgIpc) is 3.18. The number of nitrogen functional groups attached to an aromatic ring is 1. The number of anilines is 1. The normalized spacial score (nSPS) is 10.4. The van der Waals surface area contributed by atoms with Crippen LogP contribution in [-0.2, 0) is 23.6 Å². The fraction of sp³-hybridized carbons (Fsp3) is 0.312. The second-order valence-electron chi connectivity index (χ2n) is 5.57. The van der Waals surface area contributed by atoms with Crippen molar-refractivity contribution in [1.29, 1.82) is 0 Å². The SMILES string of the molecule is Cn1c(N)c(C(=O)COC(=O)CCNC(=O)c2ccsc2)c(=O)n(C)c1=O. The molecular weight excluding hydrogens is 376 g/mol. The zero-order valence-corrected chi connectivity index (χ0v) is 15.5. The molecule has 2 rings (SSSR count). The molecule has 3 N–H and O–H groups in total. The highest BCUT2D eigenvalue weighted by molar-refractivity contribution is 7.08. The zero-order chi connectivity index (χ0) is 20.1. The lowest BCUT2D eigenvalue weighted by Gasteiger charge is -2.11. The lowest BCUT2D eigenvalue weighted by Crippen LogP contribution is -2.42. The minimum Gasteiger partial charge on any atom is -0.457 e. The summed E-state index contributed by atoms with van der Waals surface area (Å²) in [6.45, 7) is -0.666. The Morgan fingerprint density at radius 2 is 1.93 bits per heavy atom. The van der Waals surface area contributed by atoms with E-state index in [4.69, 9.17) is 10.5 Å². The van der Waals surface area contributed by atoms with Crippen molar-refractivity contribution in [3.8, 4) is 0 Å². The lowest BCUT2D eigenvalue weighted by molar-refractivity contribution is -0.142. The van der Waals surface area contributed by atoms with Crippen molar-refractivity contribution in [2.45, 2.75) is 6.42 Å². The second-order valence-corrected chi connectivity index (χ2v) is 6.35. The minimum absolute atomic E-state index is 0.0332. The number of ether oxygens (including phenoxy) is 1. The first-order valence-electron chi connectivity index (χ1n) is 7.78. The third-order valence-electron chi connectivity index (χ3n) is 3.75. The van der Waals surface area contributed by atoms with Gasteiger partial charge in [-0.1, -0.05) is 0 Å². The van der Waals surface area contributed by atoms with Crippen LogP contribution in [0.4, 0.5) is 5.82 Å². The van der Waals surface area contributed by atoms with Gasteiger partial charge in [-0.05, 0) is 11.4 Å². The monoisotopic (exact) mass is 394 g/mol. The number of aromatic nitrogens is 2. The minimum atomic E-state index is -0.861. The Hall–Kier alpha value is -3.21. The van der Waals surface area contributed by atoms with Crippen LogP contribution in [0, 0.1) is 0 Å². The van der Waals surface area contributed by atoms with Gasteiger partial charge < -0.3 is 15.8 Å². The van der Waals surface area contributed by atoms with Gasteiger partial charge in [0, 0.05) is 31.6 Å². The molecule has 0 aliphatic carbocycles. The summed E-state index contributed by atoms with van der Waals surface area (Å²) in [4.78, 5) is 59.4. The van der Waals surface area contributed by atoms with Crippen molar-refractivity contribution in [3.63, 3.8) is 0 Å². The number of nitrogens with one attached hydrogen (secondary N) is 1. The summed E-state index contributed by atoms with van der Waals surface area (Å²) in [6.07, 6.45) is -0.149. The highest BCUT2D eigenvalue weighted by Gasteiger charge is 2.21. The molecule has 27 heavy (non-hydrogen) atoms. The fourth-order valence-electron chi connectivity index (χ4n) is 2.19. The quantitative estimate of drug-likeness (QED) is 0.466. The third kappa shape index (κ3) is 4.50. The fourth-order valence-corrected chi connectivity index (χ4v) is 2.82. The number of hydrogen-bond donors (Lipinski definition) is 2. The van der Waals surface area contributed by atoms with Crippen LogP contribution in [0.15, 0.2) is 26.4 Å². The molecule has 144 valence electrons. The summed E-state index contributed by atoms with van der Waals surface area (Å²) < 4.78 is 6.52. The summed E-state index contributed by atoms with van der Waals surface area (Å²) in [5.74, 6) is -2.16. The van der Waals surface area contributed by atoms with Crippen molar-refractivity contribution in [2.24, 2.45) is 14.1 Å². The molecule has 0 fully saturated rings. The van der Waals surface area contributed by atoms with Crippen LogP contribution < -0.4 is 22.3 Å². The molecule has 2 aromatic heterocycles. The summed E-state index contributed by atoms with van der Waals surface area (Å²) in [5, 5.41) is 5.97. The molecule has 0 spiro atoms. The van der Waals surface area contributed by atoms with Crippen molar-refractivity contribution < 1.29 is 19.1 Å². The highest BCUT2D eigenvalue weighted by atomic mass is 32.1. The molecule has 0 saturated heterocycles. The summed E-state index contributed by atoms with van der Waals surface area (Å²) in [6, 6.07) is 1.65.